The van der Waals surface area contributed by atoms with Gasteiger partial charge in [0.25, 0.3) is 10.0 Å². The number of nitrogens with zero attached hydrogens (tertiary/aromatic N) is 2. The van der Waals surface area contributed by atoms with Gasteiger partial charge in [0.05, 0.1) is 17.7 Å². The monoisotopic (exact) mass is 463 g/mol. The first kappa shape index (κ1) is 21.4. The molecule has 0 atom stereocenters. The van der Waals surface area contributed by atoms with Crippen molar-refractivity contribution in [3.8, 4) is 16.9 Å². The molecular formula is C25H22FN3O3S. The third kappa shape index (κ3) is 3.71. The summed E-state index contributed by atoms with van der Waals surface area (Å²) in [6.45, 7) is 1.40. The average Bonchev–Trinajstić information content (AvgIpc) is 3.26. The first-order valence-corrected chi connectivity index (χ1v) is 12.0. The fourth-order valence-electron chi connectivity index (χ4n) is 4.22. The summed E-state index contributed by atoms with van der Waals surface area (Å²) in [6.07, 6.45) is 4.22. The van der Waals surface area contributed by atoms with Crippen molar-refractivity contribution < 1.29 is 17.5 Å². The smallest absolute Gasteiger partial charge is 0.269 e. The van der Waals surface area contributed by atoms with E-state index in [9.17, 15) is 12.8 Å². The molecule has 4 aromatic rings. The molecule has 0 aliphatic carbocycles. The Hall–Kier alpha value is -3.49. The summed E-state index contributed by atoms with van der Waals surface area (Å²) in [7, 11) is -2.42. The minimum absolute atomic E-state index is 0.175. The van der Waals surface area contributed by atoms with Crippen LogP contribution in [-0.4, -0.2) is 37.6 Å². The molecule has 0 saturated heterocycles. The van der Waals surface area contributed by atoms with Gasteiger partial charge in [0.15, 0.2) is 5.65 Å². The van der Waals surface area contributed by atoms with Gasteiger partial charge in [-0.25, -0.2) is 21.8 Å². The Morgan fingerprint density at radius 2 is 1.88 bits per heavy atom. The topological polar surface area (TPSA) is 73.2 Å². The van der Waals surface area contributed by atoms with Gasteiger partial charge in [0.1, 0.15) is 11.6 Å². The lowest BCUT2D eigenvalue weighted by molar-refractivity contribution is 0.415. The predicted octanol–water partition coefficient (Wildman–Crippen LogP) is 4.46. The third-order valence-corrected chi connectivity index (χ3v) is 7.51. The number of halogens is 1. The summed E-state index contributed by atoms with van der Waals surface area (Å²) in [5.41, 5.74) is 2.95. The quantitative estimate of drug-likeness (QED) is 0.473. The van der Waals surface area contributed by atoms with Crippen LogP contribution < -0.4 is 10.1 Å². The van der Waals surface area contributed by atoms with E-state index in [2.05, 4.69) is 10.3 Å². The number of hydrogen-bond donors (Lipinski definition) is 1. The highest BCUT2D eigenvalue weighted by Gasteiger charge is 2.27. The molecule has 0 fully saturated rings. The van der Waals surface area contributed by atoms with Crippen LogP contribution in [0.4, 0.5) is 4.39 Å². The number of benzene rings is 2. The zero-order chi connectivity index (χ0) is 23.0. The number of nitrogens with one attached hydrogen (secondary N) is 1. The van der Waals surface area contributed by atoms with E-state index in [0.717, 1.165) is 12.1 Å². The predicted molar refractivity (Wildman–Crippen MR) is 126 cm³/mol. The van der Waals surface area contributed by atoms with Gasteiger partial charge in [-0.15, -0.1) is 0 Å². The van der Waals surface area contributed by atoms with Crippen LogP contribution in [0.25, 0.3) is 27.7 Å². The second-order valence-corrected chi connectivity index (χ2v) is 9.52. The second kappa shape index (κ2) is 8.46. The van der Waals surface area contributed by atoms with Crippen LogP contribution >= 0.6 is 0 Å². The van der Waals surface area contributed by atoms with Crippen LogP contribution in [0.3, 0.4) is 0 Å². The van der Waals surface area contributed by atoms with E-state index >= 15 is 0 Å². The summed E-state index contributed by atoms with van der Waals surface area (Å²) >= 11 is 0. The fraction of sp³-hybridized carbons (Fsp3) is 0.160. The standard InChI is InChI=1S/C25H22FN3O3S/c1-32-24-8-7-18(26)15-21(24)20-11-14-28-25-22(20)16-23(17-9-12-27-13-10-17)29(25)33(30,31)19-5-3-2-4-6-19/h2-9,11,14-16,27H,10,12-13H2,1H3. The lowest BCUT2D eigenvalue weighted by Gasteiger charge is -2.17. The highest BCUT2D eigenvalue weighted by atomic mass is 32.2. The van der Waals surface area contributed by atoms with E-state index in [1.54, 1.807) is 48.7 Å². The van der Waals surface area contributed by atoms with Gasteiger partial charge < -0.3 is 10.1 Å². The minimum atomic E-state index is -3.94. The molecule has 2 aromatic carbocycles. The number of aromatic nitrogens is 2. The van der Waals surface area contributed by atoms with Crippen molar-refractivity contribution in [1.82, 2.24) is 14.3 Å². The van der Waals surface area contributed by atoms with E-state index in [0.29, 0.717) is 40.9 Å². The van der Waals surface area contributed by atoms with Crippen LogP contribution in [0.2, 0.25) is 0 Å². The maximum atomic E-state index is 14.2. The van der Waals surface area contributed by atoms with Gasteiger partial charge in [0, 0.05) is 23.7 Å². The maximum Gasteiger partial charge on any atom is 0.269 e. The molecule has 8 heteroatoms. The van der Waals surface area contributed by atoms with Crippen molar-refractivity contribution in [2.45, 2.75) is 11.3 Å². The summed E-state index contributed by atoms with van der Waals surface area (Å²) in [5.74, 6) is 0.0820. The van der Waals surface area contributed by atoms with Gasteiger partial charge in [-0.1, -0.05) is 24.3 Å². The molecule has 2 aromatic heterocycles. The molecule has 0 bridgehead atoms. The van der Waals surface area contributed by atoms with E-state index < -0.39 is 15.8 Å². The molecule has 1 aliphatic heterocycles. The van der Waals surface area contributed by atoms with Crippen molar-refractivity contribution >= 4 is 26.6 Å². The van der Waals surface area contributed by atoms with Crippen LogP contribution in [0.15, 0.2) is 77.8 Å². The molecule has 33 heavy (non-hydrogen) atoms. The first-order chi connectivity index (χ1) is 16.0. The number of rotatable bonds is 5. The number of methoxy groups -OCH3 is 1. The Morgan fingerprint density at radius 3 is 2.61 bits per heavy atom. The zero-order valence-corrected chi connectivity index (χ0v) is 18.8. The van der Waals surface area contributed by atoms with Gasteiger partial charge in [-0.2, -0.15) is 0 Å². The second-order valence-electron chi connectivity index (χ2n) is 7.74. The Bertz CT molecular complexity index is 1480. The Morgan fingerprint density at radius 1 is 1.06 bits per heavy atom. The van der Waals surface area contributed by atoms with E-state index in [-0.39, 0.29) is 10.5 Å². The van der Waals surface area contributed by atoms with E-state index in [4.69, 9.17) is 4.74 Å². The van der Waals surface area contributed by atoms with Gasteiger partial charge >= 0.3 is 0 Å². The normalized spacial score (nSPS) is 14.3. The van der Waals surface area contributed by atoms with Crippen molar-refractivity contribution in [2.75, 3.05) is 20.2 Å². The van der Waals surface area contributed by atoms with E-state index in [1.165, 1.54) is 23.2 Å². The molecule has 5 rings (SSSR count). The van der Waals surface area contributed by atoms with Crippen molar-refractivity contribution in [3.63, 3.8) is 0 Å². The van der Waals surface area contributed by atoms with Crippen molar-refractivity contribution in [3.05, 3.63) is 84.4 Å². The molecule has 1 aliphatic rings. The van der Waals surface area contributed by atoms with Gasteiger partial charge in [-0.05, 0) is 66.6 Å². The Kier molecular flexibility index (Phi) is 5.47. The molecule has 1 N–H and O–H groups in total. The van der Waals surface area contributed by atoms with Gasteiger partial charge in [0.2, 0.25) is 0 Å². The molecule has 0 radical (unpaired) electrons. The molecule has 3 heterocycles. The van der Waals surface area contributed by atoms with Crippen molar-refractivity contribution in [2.24, 2.45) is 0 Å². The SMILES string of the molecule is COc1ccc(F)cc1-c1ccnc2c1cc(C1=CCNCC1)n2S(=O)(=O)c1ccccc1. The number of fused-ring (bicyclic) bond motifs is 1. The molecule has 0 saturated carbocycles. The zero-order valence-electron chi connectivity index (χ0n) is 18.0. The summed E-state index contributed by atoms with van der Waals surface area (Å²) in [6, 6.07) is 16.2. The van der Waals surface area contributed by atoms with Crippen LogP contribution in [0.1, 0.15) is 12.1 Å². The Labute approximate surface area is 191 Å². The number of hydrogen-bond acceptors (Lipinski definition) is 5. The maximum absolute atomic E-state index is 14.2. The summed E-state index contributed by atoms with van der Waals surface area (Å²) in [5, 5.41) is 3.86. The lowest BCUT2D eigenvalue weighted by atomic mass is 10.0. The van der Waals surface area contributed by atoms with Crippen molar-refractivity contribution in [1.29, 1.82) is 0 Å². The lowest BCUT2D eigenvalue weighted by Crippen LogP contribution is -2.22. The molecule has 6 nitrogen and oxygen atoms in total. The molecule has 168 valence electrons. The summed E-state index contributed by atoms with van der Waals surface area (Å²) < 4.78 is 48.5. The minimum Gasteiger partial charge on any atom is -0.496 e. The summed E-state index contributed by atoms with van der Waals surface area (Å²) in [4.78, 5) is 4.63. The highest BCUT2D eigenvalue weighted by molar-refractivity contribution is 7.90. The number of pyridine rings is 1. The largest absolute Gasteiger partial charge is 0.496 e. The van der Waals surface area contributed by atoms with E-state index in [1.807, 2.05) is 12.1 Å². The average molecular weight is 464 g/mol. The fourth-order valence-corrected chi connectivity index (χ4v) is 5.73. The molecule has 0 unspecified atom stereocenters. The number of ether oxygens (including phenoxy) is 1. The van der Waals surface area contributed by atoms with Crippen LogP contribution in [0, 0.1) is 5.82 Å². The Balaban J connectivity index is 1.85. The molecule has 0 spiro atoms. The molecular weight excluding hydrogens is 441 g/mol. The first-order valence-electron chi connectivity index (χ1n) is 10.6. The molecule has 0 amide bonds. The van der Waals surface area contributed by atoms with Crippen LogP contribution in [-0.2, 0) is 10.0 Å². The highest BCUT2D eigenvalue weighted by Crippen LogP contribution is 2.39. The van der Waals surface area contributed by atoms with Gasteiger partial charge in [-0.3, -0.25) is 0 Å². The van der Waals surface area contributed by atoms with Crippen LogP contribution in [0.5, 0.6) is 5.75 Å². The third-order valence-electron chi connectivity index (χ3n) is 5.79.